The number of hydrogen-bond donors (Lipinski definition) is 2. The molecule has 1 saturated heterocycles. The molecule has 2 N–H and O–H groups in total. The molecule has 2 aromatic carbocycles. The molecule has 1 amide bonds. The van der Waals surface area contributed by atoms with Gasteiger partial charge in [0, 0.05) is 41.1 Å². The number of aromatic nitrogens is 2. The van der Waals surface area contributed by atoms with Crippen molar-refractivity contribution in [3.8, 4) is 5.69 Å². The first kappa shape index (κ1) is 26.6. The number of carbonyl (C=O) groups is 1. The van der Waals surface area contributed by atoms with E-state index in [0.717, 1.165) is 40.4 Å². The lowest BCUT2D eigenvalue weighted by Crippen LogP contribution is -2.29. The van der Waals surface area contributed by atoms with Gasteiger partial charge in [0.1, 0.15) is 0 Å². The van der Waals surface area contributed by atoms with E-state index in [2.05, 4.69) is 77.3 Å². The second kappa shape index (κ2) is 11.0. The molecule has 39 heavy (non-hydrogen) atoms. The van der Waals surface area contributed by atoms with Crippen LogP contribution in [0.5, 0.6) is 0 Å². The highest BCUT2D eigenvalue weighted by molar-refractivity contribution is 7.80. The Bertz CT molecular complexity index is 1510. The Kier molecular flexibility index (Phi) is 7.53. The molecule has 5 rings (SSSR count). The standard InChI is InChI=1S/C32H35N5OS/c1-6-23-11-13-24(14-12-23)36-21(4)19-26(22(36)5)31-30(28-10-8-9-17-33-28)35-32(39)37(31)25-15-16-27(20(3)18-25)34-29(38)7-2/h8-19,30-31H,6-7H2,1-5H3,(H,34,38)(H,35,39). The molecule has 0 aliphatic carbocycles. The third-order valence-electron chi connectivity index (χ3n) is 7.57. The second-order valence-corrected chi connectivity index (χ2v) is 10.5. The summed E-state index contributed by atoms with van der Waals surface area (Å²) in [5, 5.41) is 7.21. The maximum absolute atomic E-state index is 12.0. The van der Waals surface area contributed by atoms with Crippen molar-refractivity contribution in [2.45, 2.75) is 59.5 Å². The molecule has 0 bridgehead atoms. The first-order valence-corrected chi connectivity index (χ1v) is 13.9. The van der Waals surface area contributed by atoms with Gasteiger partial charge in [0.05, 0.1) is 17.8 Å². The lowest BCUT2D eigenvalue weighted by atomic mass is 9.96. The maximum Gasteiger partial charge on any atom is 0.224 e. The summed E-state index contributed by atoms with van der Waals surface area (Å²) in [5.41, 5.74) is 9.70. The lowest BCUT2D eigenvalue weighted by Gasteiger charge is -2.29. The van der Waals surface area contributed by atoms with Crippen molar-refractivity contribution in [1.82, 2.24) is 14.9 Å². The zero-order chi connectivity index (χ0) is 27.7. The highest BCUT2D eigenvalue weighted by atomic mass is 32.1. The van der Waals surface area contributed by atoms with Gasteiger partial charge in [-0.1, -0.05) is 32.0 Å². The Morgan fingerprint density at radius 1 is 1.00 bits per heavy atom. The smallest absolute Gasteiger partial charge is 0.224 e. The average molecular weight is 538 g/mol. The van der Waals surface area contributed by atoms with Crippen LogP contribution in [0.3, 0.4) is 0 Å². The normalized spacial score (nSPS) is 16.8. The minimum Gasteiger partial charge on any atom is -0.351 e. The van der Waals surface area contributed by atoms with Crippen LogP contribution < -0.4 is 15.5 Å². The van der Waals surface area contributed by atoms with Crippen molar-refractivity contribution in [3.63, 3.8) is 0 Å². The van der Waals surface area contributed by atoms with Crippen LogP contribution in [0.2, 0.25) is 0 Å². The summed E-state index contributed by atoms with van der Waals surface area (Å²) in [6.45, 7) is 10.4. The first-order valence-electron chi connectivity index (χ1n) is 13.5. The summed E-state index contributed by atoms with van der Waals surface area (Å²) in [7, 11) is 0. The molecule has 2 atom stereocenters. The van der Waals surface area contributed by atoms with Gasteiger partial charge in [-0.15, -0.1) is 0 Å². The summed E-state index contributed by atoms with van der Waals surface area (Å²) >= 11 is 5.96. The van der Waals surface area contributed by atoms with Crippen LogP contribution in [0.1, 0.15) is 66.1 Å². The molecule has 1 fully saturated rings. The van der Waals surface area contributed by atoms with Crippen molar-refractivity contribution < 1.29 is 4.79 Å². The van der Waals surface area contributed by atoms with E-state index < -0.39 is 0 Å². The molecule has 2 aromatic heterocycles. The molecule has 4 aromatic rings. The minimum atomic E-state index is -0.130. The van der Waals surface area contributed by atoms with Crippen molar-refractivity contribution in [3.05, 3.63) is 107 Å². The highest BCUT2D eigenvalue weighted by Gasteiger charge is 2.42. The van der Waals surface area contributed by atoms with Gasteiger partial charge in [-0.05, 0) is 105 Å². The fraction of sp³-hybridized carbons (Fsp3) is 0.281. The van der Waals surface area contributed by atoms with Crippen LogP contribution in [-0.2, 0) is 11.2 Å². The summed E-state index contributed by atoms with van der Waals surface area (Å²) in [4.78, 5) is 18.9. The zero-order valence-corrected chi connectivity index (χ0v) is 24.0. The summed E-state index contributed by atoms with van der Waals surface area (Å²) < 4.78 is 2.32. The van der Waals surface area contributed by atoms with Crippen LogP contribution in [0.15, 0.2) is 72.9 Å². The maximum atomic E-state index is 12.0. The largest absolute Gasteiger partial charge is 0.351 e. The molecule has 3 heterocycles. The number of benzene rings is 2. The van der Waals surface area contributed by atoms with Gasteiger partial charge < -0.3 is 20.1 Å². The monoisotopic (exact) mass is 537 g/mol. The number of aryl methyl sites for hydroxylation is 3. The van der Waals surface area contributed by atoms with Gasteiger partial charge in [-0.25, -0.2) is 0 Å². The number of thiocarbonyl (C=S) groups is 1. The van der Waals surface area contributed by atoms with E-state index in [1.165, 1.54) is 16.8 Å². The molecule has 1 aliphatic rings. The average Bonchev–Trinajstić information content (AvgIpc) is 3.44. The van der Waals surface area contributed by atoms with Crippen LogP contribution in [0, 0.1) is 20.8 Å². The summed E-state index contributed by atoms with van der Waals surface area (Å²) in [6, 6.07) is 22.9. The van der Waals surface area contributed by atoms with E-state index in [4.69, 9.17) is 17.2 Å². The zero-order valence-electron chi connectivity index (χ0n) is 23.2. The number of carbonyl (C=O) groups excluding carboxylic acids is 1. The fourth-order valence-electron chi connectivity index (χ4n) is 5.49. The summed E-state index contributed by atoms with van der Waals surface area (Å²) in [6.07, 6.45) is 3.28. The van der Waals surface area contributed by atoms with E-state index >= 15 is 0 Å². The fourth-order valence-corrected chi connectivity index (χ4v) is 5.84. The van der Waals surface area contributed by atoms with Gasteiger partial charge in [-0.3, -0.25) is 9.78 Å². The van der Waals surface area contributed by atoms with E-state index in [9.17, 15) is 4.79 Å². The topological polar surface area (TPSA) is 62.2 Å². The van der Waals surface area contributed by atoms with Crippen LogP contribution in [0.4, 0.5) is 11.4 Å². The number of nitrogens with zero attached hydrogens (tertiary/aromatic N) is 3. The van der Waals surface area contributed by atoms with Crippen LogP contribution in [-0.4, -0.2) is 20.6 Å². The second-order valence-electron chi connectivity index (χ2n) is 10.1. The summed E-state index contributed by atoms with van der Waals surface area (Å²) in [5.74, 6) is -0.00304. The highest BCUT2D eigenvalue weighted by Crippen LogP contribution is 2.44. The van der Waals surface area contributed by atoms with Crippen LogP contribution >= 0.6 is 12.2 Å². The number of pyridine rings is 1. The number of amides is 1. The predicted octanol–water partition coefficient (Wildman–Crippen LogP) is 6.89. The van der Waals surface area contributed by atoms with Gasteiger partial charge >= 0.3 is 0 Å². The van der Waals surface area contributed by atoms with Gasteiger partial charge in [-0.2, -0.15) is 0 Å². The number of hydrogen-bond acceptors (Lipinski definition) is 3. The number of nitrogens with one attached hydrogen (secondary N) is 2. The SMILES string of the molecule is CCC(=O)Nc1ccc(N2C(=S)NC(c3ccccn3)C2c2cc(C)n(-c3ccc(CC)cc3)c2C)cc1C. The Hall–Kier alpha value is -3.97. The Morgan fingerprint density at radius 2 is 1.74 bits per heavy atom. The molecule has 7 heteroatoms. The van der Waals surface area contributed by atoms with E-state index in [1.54, 1.807) is 0 Å². The number of anilines is 2. The van der Waals surface area contributed by atoms with Crippen molar-refractivity contribution in [2.75, 3.05) is 10.2 Å². The quantitative estimate of drug-likeness (QED) is 0.252. The Morgan fingerprint density at radius 3 is 2.38 bits per heavy atom. The van der Waals surface area contributed by atoms with Gasteiger partial charge in [0.25, 0.3) is 0 Å². The van der Waals surface area contributed by atoms with E-state index in [1.807, 2.05) is 50.4 Å². The molecule has 0 spiro atoms. The molecule has 2 unspecified atom stereocenters. The third-order valence-corrected chi connectivity index (χ3v) is 7.89. The van der Waals surface area contributed by atoms with Crippen molar-refractivity contribution in [2.24, 2.45) is 0 Å². The van der Waals surface area contributed by atoms with E-state index in [0.29, 0.717) is 11.5 Å². The van der Waals surface area contributed by atoms with Crippen LogP contribution in [0.25, 0.3) is 5.69 Å². The first-order chi connectivity index (χ1) is 18.8. The minimum absolute atomic E-state index is 0.00304. The lowest BCUT2D eigenvalue weighted by molar-refractivity contribution is -0.115. The number of rotatable bonds is 7. The van der Waals surface area contributed by atoms with Gasteiger partial charge in [0.15, 0.2) is 5.11 Å². The van der Waals surface area contributed by atoms with E-state index in [-0.39, 0.29) is 18.0 Å². The predicted molar refractivity (Wildman–Crippen MR) is 163 cm³/mol. The van der Waals surface area contributed by atoms with Crippen molar-refractivity contribution in [1.29, 1.82) is 0 Å². The Labute approximate surface area is 236 Å². The van der Waals surface area contributed by atoms with Crippen molar-refractivity contribution >= 4 is 34.6 Å². The molecular weight excluding hydrogens is 502 g/mol. The molecule has 0 radical (unpaired) electrons. The molecular formula is C32H35N5OS. The molecule has 1 aliphatic heterocycles. The third kappa shape index (κ3) is 5.06. The molecule has 0 saturated carbocycles. The Balaban J connectivity index is 1.62. The van der Waals surface area contributed by atoms with Gasteiger partial charge in [0.2, 0.25) is 5.91 Å². The molecule has 200 valence electrons. The molecule has 6 nitrogen and oxygen atoms in total.